The first kappa shape index (κ1) is 13.9. The second kappa shape index (κ2) is 5.35. The summed E-state index contributed by atoms with van der Waals surface area (Å²) < 4.78 is 1.10. The number of benzene rings is 1. The number of rotatable bonds is 3. The van der Waals surface area contributed by atoms with Gasteiger partial charge in [0, 0.05) is 11.4 Å². The highest BCUT2D eigenvalue weighted by molar-refractivity contribution is 7.20. The summed E-state index contributed by atoms with van der Waals surface area (Å²) >= 11 is 7.93. The molecule has 2 heterocycles. The van der Waals surface area contributed by atoms with Crippen LogP contribution in [0.2, 0.25) is 5.02 Å². The van der Waals surface area contributed by atoms with E-state index in [0.717, 1.165) is 29.1 Å². The Labute approximate surface area is 126 Å². The lowest BCUT2D eigenvalue weighted by molar-refractivity contribution is -0.142. The molecular formula is C15H16ClNO2S. The second-order valence-electron chi connectivity index (χ2n) is 5.23. The highest BCUT2D eigenvalue weighted by atomic mass is 35.5. The lowest BCUT2D eigenvalue weighted by Gasteiger charge is -2.20. The Morgan fingerprint density at radius 1 is 1.55 bits per heavy atom. The molecule has 1 N–H and O–H groups in total. The van der Waals surface area contributed by atoms with Gasteiger partial charge in [-0.3, -0.25) is 9.69 Å². The number of halogens is 1. The van der Waals surface area contributed by atoms with Crippen molar-refractivity contribution >= 4 is 39.0 Å². The van der Waals surface area contributed by atoms with Crippen LogP contribution in [-0.4, -0.2) is 28.6 Å². The van der Waals surface area contributed by atoms with Crippen LogP contribution in [0.1, 0.15) is 23.3 Å². The van der Waals surface area contributed by atoms with Gasteiger partial charge in [-0.2, -0.15) is 0 Å². The Hall–Kier alpha value is -1.10. The number of aliphatic carboxylic acids is 1. The largest absolute Gasteiger partial charge is 0.480 e. The van der Waals surface area contributed by atoms with Gasteiger partial charge in [-0.25, -0.2) is 0 Å². The molecule has 3 nitrogen and oxygen atoms in total. The first-order valence-corrected chi connectivity index (χ1v) is 7.90. The lowest BCUT2D eigenvalue weighted by atomic mass is 10.1. The Balaban J connectivity index is 1.93. The third kappa shape index (κ3) is 2.32. The predicted molar refractivity (Wildman–Crippen MR) is 82.6 cm³/mol. The van der Waals surface area contributed by atoms with Crippen LogP contribution in [-0.2, 0) is 11.3 Å². The van der Waals surface area contributed by atoms with Crippen LogP contribution in [0, 0.1) is 6.92 Å². The lowest BCUT2D eigenvalue weighted by Crippen LogP contribution is -2.35. The fraction of sp³-hybridized carbons (Fsp3) is 0.400. The third-order valence-corrected chi connectivity index (χ3v) is 5.76. The fourth-order valence-corrected chi connectivity index (χ4v) is 4.41. The number of fused-ring (bicyclic) bond motifs is 1. The zero-order chi connectivity index (χ0) is 14.3. The standard InChI is InChI=1S/C15H16ClNO2S/c1-9-10-4-2-5-11(16)14(10)20-13(9)8-17-7-3-6-12(17)15(18)19/h2,4-5,12H,3,6-8H2,1H3,(H,18,19)/t12-/m1/s1. The van der Waals surface area contributed by atoms with Crippen LogP contribution in [0.25, 0.3) is 10.1 Å². The van der Waals surface area contributed by atoms with Crippen LogP contribution < -0.4 is 0 Å². The molecule has 5 heteroatoms. The molecule has 106 valence electrons. The van der Waals surface area contributed by atoms with Gasteiger partial charge in [0.1, 0.15) is 6.04 Å². The van der Waals surface area contributed by atoms with Crippen molar-refractivity contribution in [1.29, 1.82) is 0 Å². The number of hydrogen-bond donors (Lipinski definition) is 1. The number of hydrogen-bond acceptors (Lipinski definition) is 3. The molecular weight excluding hydrogens is 294 g/mol. The zero-order valence-corrected chi connectivity index (χ0v) is 12.8. The van der Waals surface area contributed by atoms with Gasteiger partial charge in [0.2, 0.25) is 0 Å². The first-order valence-electron chi connectivity index (χ1n) is 6.71. The summed E-state index contributed by atoms with van der Waals surface area (Å²) in [4.78, 5) is 14.5. The van der Waals surface area contributed by atoms with E-state index in [1.54, 1.807) is 11.3 Å². The summed E-state index contributed by atoms with van der Waals surface area (Å²) in [6.07, 6.45) is 1.71. The fourth-order valence-electron chi connectivity index (χ4n) is 2.89. The number of thiophene rings is 1. The van der Waals surface area contributed by atoms with Crippen molar-refractivity contribution in [2.75, 3.05) is 6.54 Å². The molecule has 1 aliphatic heterocycles. The summed E-state index contributed by atoms with van der Waals surface area (Å²) in [6, 6.07) is 5.61. The Bertz CT molecular complexity index is 667. The predicted octanol–water partition coefficient (Wildman–Crippen LogP) is 3.91. The quantitative estimate of drug-likeness (QED) is 0.934. The van der Waals surface area contributed by atoms with Gasteiger partial charge >= 0.3 is 5.97 Å². The first-order chi connectivity index (χ1) is 9.58. The van der Waals surface area contributed by atoms with E-state index in [0.29, 0.717) is 6.54 Å². The molecule has 0 aliphatic carbocycles. The van der Waals surface area contributed by atoms with Gasteiger partial charge < -0.3 is 5.11 Å². The summed E-state index contributed by atoms with van der Waals surface area (Å²) in [7, 11) is 0. The number of nitrogens with zero attached hydrogens (tertiary/aromatic N) is 1. The SMILES string of the molecule is Cc1c(CN2CCC[C@@H]2C(=O)O)sc2c(Cl)cccc12. The smallest absolute Gasteiger partial charge is 0.320 e. The monoisotopic (exact) mass is 309 g/mol. The number of likely N-dealkylation sites (tertiary alicyclic amines) is 1. The third-order valence-electron chi connectivity index (χ3n) is 4.01. The van der Waals surface area contributed by atoms with E-state index in [1.807, 2.05) is 12.1 Å². The summed E-state index contributed by atoms with van der Waals surface area (Å²) in [6.45, 7) is 3.66. The summed E-state index contributed by atoms with van der Waals surface area (Å²) in [5.74, 6) is -0.709. The minimum Gasteiger partial charge on any atom is -0.480 e. The van der Waals surface area contributed by atoms with Crippen LogP contribution in [0.5, 0.6) is 0 Å². The topological polar surface area (TPSA) is 40.5 Å². The van der Waals surface area contributed by atoms with Crippen molar-refractivity contribution in [2.24, 2.45) is 0 Å². The zero-order valence-electron chi connectivity index (χ0n) is 11.2. The van der Waals surface area contributed by atoms with Crippen LogP contribution in [0.15, 0.2) is 18.2 Å². The average molecular weight is 310 g/mol. The maximum atomic E-state index is 11.3. The molecule has 1 saturated heterocycles. The van der Waals surface area contributed by atoms with E-state index in [-0.39, 0.29) is 6.04 Å². The van der Waals surface area contributed by atoms with E-state index >= 15 is 0 Å². The molecule has 0 radical (unpaired) electrons. The van der Waals surface area contributed by atoms with E-state index in [1.165, 1.54) is 15.8 Å². The molecule has 0 amide bonds. The summed E-state index contributed by atoms with van der Waals surface area (Å²) in [5, 5.41) is 11.2. The Kier molecular flexibility index (Phi) is 3.71. The molecule has 2 aromatic rings. The van der Waals surface area contributed by atoms with E-state index in [2.05, 4.69) is 17.9 Å². The molecule has 1 atom stereocenters. The van der Waals surface area contributed by atoms with E-state index < -0.39 is 5.97 Å². The molecule has 1 aliphatic rings. The molecule has 3 rings (SSSR count). The van der Waals surface area contributed by atoms with Crippen LogP contribution >= 0.6 is 22.9 Å². The van der Waals surface area contributed by atoms with Gasteiger partial charge in [-0.1, -0.05) is 23.7 Å². The molecule has 1 fully saturated rings. The van der Waals surface area contributed by atoms with Gasteiger partial charge in [0.15, 0.2) is 0 Å². The number of aryl methyl sites for hydroxylation is 1. The normalized spacial score (nSPS) is 19.8. The molecule has 1 aromatic heterocycles. The number of carboxylic acids is 1. The van der Waals surface area contributed by atoms with E-state index in [4.69, 9.17) is 11.6 Å². The highest BCUT2D eigenvalue weighted by Gasteiger charge is 2.31. The molecule has 1 aromatic carbocycles. The van der Waals surface area contributed by atoms with Gasteiger partial charge in [-0.15, -0.1) is 11.3 Å². The molecule has 20 heavy (non-hydrogen) atoms. The number of carboxylic acid groups (broad SMARTS) is 1. The van der Waals surface area contributed by atoms with Crippen LogP contribution in [0.4, 0.5) is 0 Å². The van der Waals surface area contributed by atoms with Crippen molar-refractivity contribution in [3.8, 4) is 0 Å². The summed E-state index contributed by atoms with van der Waals surface area (Å²) in [5.41, 5.74) is 1.23. The molecule has 0 unspecified atom stereocenters. The maximum absolute atomic E-state index is 11.3. The molecule has 0 saturated carbocycles. The van der Waals surface area contributed by atoms with Crippen molar-refractivity contribution in [2.45, 2.75) is 32.4 Å². The van der Waals surface area contributed by atoms with Crippen molar-refractivity contribution in [1.82, 2.24) is 4.90 Å². The van der Waals surface area contributed by atoms with E-state index in [9.17, 15) is 9.90 Å². The van der Waals surface area contributed by atoms with Crippen molar-refractivity contribution in [3.63, 3.8) is 0 Å². The van der Waals surface area contributed by atoms with Crippen LogP contribution in [0.3, 0.4) is 0 Å². The van der Waals surface area contributed by atoms with Crippen molar-refractivity contribution < 1.29 is 9.90 Å². The Morgan fingerprint density at radius 2 is 2.35 bits per heavy atom. The van der Waals surface area contributed by atoms with Gasteiger partial charge in [0.25, 0.3) is 0 Å². The highest BCUT2D eigenvalue weighted by Crippen LogP contribution is 2.37. The van der Waals surface area contributed by atoms with Gasteiger partial charge in [0.05, 0.1) is 9.72 Å². The minimum absolute atomic E-state index is 0.338. The van der Waals surface area contributed by atoms with Crippen molar-refractivity contribution in [3.05, 3.63) is 33.7 Å². The Morgan fingerprint density at radius 3 is 3.05 bits per heavy atom. The average Bonchev–Trinajstić information content (AvgIpc) is 2.98. The molecule has 0 spiro atoms. The second-order valence-corrected chi connectivity index (χ2v) is 6.75. The molecule has 0 bridgehead atoms. The number of carbonyl (C=O) groups is 1. The minimum atomic E-state index is -0.709. The maximum Gasteiger partial charge on any atom is 0.320 e. The van der Waals surface area contributed by atoms with Gasteiger partial charge in [-0.05, 0) is 43.3 Å².